The van der Waals surface area contributed by atoms with E-state index in [1.165, 1.54) is 0 Å². The topological polar surface area (TPSA) is 70.2 Å². The Morgan fingerprint density at radius 2 is 2.23 bits per heavy atom. The van der Waals surface area contributed by atoms with Crippen molar-refractivity contribution in [3.63, 3.8) is 0 Å². The van der Waals surface area contributed by atoms with Crippen molar-refractivity contribution in [3.8, 4) is 5.75 Å². The highest BCUT2D eigenvalue weighted by Gasteiger charge is 2.26. The normalized spacial score (nSPS) is 16.9. The van der Waals surface area contributed by atoms with Gasteiger partial charge in [-0.15, -0.1) is 0 Å². The summed E-state index contributed by atoms with van der Waals surface area (Å²) in [4.78, 5) is 14.5. The maximum Gasteiger partial charge on any atom is 0.244 e. The lowest BCUT2D eigenvalue weighted by atomic mass is 10.1. The van der Waals surface area contributed by atoms with Crippen molar-refractivity contribution < 1.29 is 9.53 Å². The van der Waals surface area contributed by atoms with Gasteiger partial charge < -0.3 is 15.0 Å². The molecule has 2 heterocycles. The van der Waals surface area contributed by atoms with Crippen LogP contribution in [0.5, 0.6) is 5.75 Å². The van der Waals surface area contributed by atoms with Crippen LogP contribution in [0.3, 0.4) is 0 Å². The molecule has 1 aromatic heterocycles. The molecular formula is C16H20N4O2. The molecule has 1 unspecified atom stereocenters. The van der Waals surface area contributed by atoms with E-state index in [9.17, 15) is 4.79 Å². The molecule has 0 saturated carbocycles. The second-order valence-electron chi connectivity index (χ2n) is 5.61. The maximum absolute atomic E-state index is 12.4. The van der Waals surface area contributed by atoms with E-state index in [-0.39, 0.29) is 18.5 Å². The van der Waals surface area contributed by atoms with Crippen LogP contribution in [0, 0.1) is 13.8 Å². The van der Waals surface area contributed by atoms with Crippen LogP contribution < -0.4 is 15.0 Å². The van der Waals surface area contributed by atoms with Gasteiger partial charge in [-0.25, -0.2) is 0 Å². The average molecular weight is 300 g/mol. The molecule has 0 radical (unpaired) electrons. The number of hydrogen-bond donors (Lipinski definition) is 2. The van der Waals surface area contributed by atoms with Gasteiger partial charge in [-0.2, -0.15) is 5.10 Å². The van der Waals surface area contributed by atoms with Crippen molar-refractivity contribution in [3.05, 3.63) is 35.7 Å². The minimum atomic E-state index is -0.0591. The van der Waals surface area contributed by atoms with E-state index in [2.05, 4.69) is 27.3 Å². The smallest absolute Gasteiger partial charge is 0.244 e. The van der Waals surface area contributed by atoms with Gasteiger partial charge >= 0.3 is 0 Å². The number of carbonyl (C=O) groups excluding carboxylic acids is 1. The molecule has 6 heteroatoms. The van der Waals surface area contributed by atoms with Crippen molar-refractivity contribution >= 4 is 17.3 Å². The Labute approximate surface area is 129 Å². The van der Waals surface area contributed by atoms with Crippen LogP contribution >= 0.6 is 0 Å². The summed E-state index contributed by atoms with van der Waals surface area (Å²) in [5, 5.41) is 9.91. The van der Waals surface area contributed by atoms with Crippen molar-refractivity contribution in [2.45, 2.75) is 26.8 Å². The van der Waals surface area contributed by atoms with Gasteiger partial charge in [0, 0.05) is 0 Å². The molecule has 1 aromatic carbocycles. The van der Waals surface area contributed by atoms with Crippen LogP contribution in [-0.2, 0) is 4.79 Å². The van der Waals surface area contributed by atoms with E-state index in [4.69, 9.17) is 4.74 Å². The van der Waals surface area contributed by atoms with E-state index in [1.54, 1.807) is 0 Å². The fraction of sp³-hybridized carbons (Fsp3) is 0.375. The molecule has 2 N–H and O–H groups in total. The minimum absolute atomic E-state index is 0.0591. The van der Waals surface area contributed by atoms with E-state index >= 15 is 0 Å². The lowest BCUT2D eigenvalue weighted by Crippen LogP contribution is -2.45. The number of nitrogens with zero attached hydrogens (tertiary/aromatic N) is 2. The minimum Gasteiger partial charge on any atom is -0.489 e. The van der Waals surface area contributed by atoms with E-state index in [0.29, 0.717) is 6.61 Å². The van der Waals surface area contributed by atoms with Gasteiger partial charge in [-0.3, -0.25) is 9.89 Å². The number of aromatic nitrogens is 2. The summed E-state index contributed by atoms with van der Waals surface area (Å²) in [6.07, 6.45) is 0. The quantitative estimate of drug-likeness (QED) is 0.912. The first-order valence-electron chi connectivity index (χ1n) is 7.36. The molecule has 0 bridgehead atoms. The number of H-pyrrole nitrogens is 1. The molecule has 0 saturated heterocycles. The van der Waals surface area contributed by atoms with E-state index in [1.807, 2.05) is 38.1 Å². The molecule has 22 heavy (non-hydrogen) atoms. The fourth-order valence-corrected chi connectivity index (χ4v) is 2.66. The van der Waals surface area contributed by atoms with E-state index < -0.39 is 0 Å². The third-order valence-electron chi connectivity index (χ3n) is 3.89. The lowest BCUT2D eigenvalue weighted by molar-refractivity contribution is -0.115. The van der Waals surface area contributed by atoms with Crippen molar-refractivity contribution in [1.29, 1.82) is 0 Å². The van der Waals surface area contributed by atoms with Crippen LogP contribution in [0.15, 0.2) is 24.3 Å². The summed E-state index contributed by atoms with van der Waals surface area (Å²) < 4.78 is 5.70. The zero-order chi connectivity index (χ0) is 15.7. The molecule has 6 nitrogen and oxygen atoms in total. The van der Waals surface area contributed by atoms with Crippen LogP contribution in [0.25, 0.3) is 0 Å². The Kier molecular flexibility index (Phi) is 3.75. The fourth-order valence-electron chi connectivity index (χ4n) is 2.66. The molecular weight excluding hydrogens is 280 g/mol. The molecule has 0 fully saturated rings. The number of ether oxygens (including phenoxy) is 1. The van der Waals surface area contributed by atoms with E-state index in [0.717, 1.165) is 28.5 Å². The summed E-state index contributed by atoms with van der Waals surface area (Å²) in [5.74, 6) is 0.764. The molecule has 0 aliphatic carbocycles. The Morgan fingerprint density at radius 3 is 2.95 bits per heavy atom. The van der Waals surface area contributed by atoms with Crippen LogP contribution in [-0.4, -0.2) is 35.3 Å². The summed E-state index contributed by atoms with van der Waals surface area (Å²) in [6.45, 7) is 6.67. The van der Waals surface area contributed by atoms with Gasteiger partial charge in [0.25, 0.3) is 0 Å². The third-order valence-corrected chi connectivity index (χ3v) is 3.89. The lowest BCUT2D eigenvalue weighted by Gasteiger charge is -2.36. The first-order chi connectivity index (χ1) is 10.6. The molecule has 3 rings (SSSR count). The highest BCUT2D eigenvalue weighted by atomic mass is 16.5. The van der Waals surface area contributed by atoms with Gasteiger partial charge in [0.15, 0.2) is 0 Å². The largest absolute Gasteiger partial charge is 0.489 e. The molecule has 1 amide bonds. The van der Waals surface area contributed by atoms with Crippen molar-refractivity contribution in [2.75, 3.05) is 23.4 Å². The molecule has 0 spiro atoms. The number of anilines is 2. The number of aryl methyl sites for hydroxylation is 2. The Hall–Kier alpha value is -2.50. The zero-order valence-electron chi connectivity index (χ0n) is 13.0. The highest BCUT2D eigenvalue weighted by molar-refractivity contribution is 5.95. The van der Waals surface area contributed by atoms with Gasteiger partial charge in [0.05, 0.1) is 35.3 Å². The summed E-state index contributed by atoms with van der Waals surface area (Å²) >= 11 is 0. The number of aromatic amines is 1. The number of benzene rings is 1. The number of rotatable bonds is 3. The second-order valence-corrected chi connectivity index (χ2v) is 5.61. The summed E-state index contributed by atoms with van der Waals surface area (Å²) in [7, 11) is 0. The van der Waals surface area contributed by atoms with Gasteiger partial charge in [-0.1, -0.05) is 12.1 Å². The van der Waals surface area contributed by atoms with Crippen molar-refractivity contribution in [2.24, 2.45) is 0 Å². The number of amides is 1. The van der Waals surface area contributed by atoms with Gasteiger partial charge in [0.2, 0.25) is 5.91 Å². The highest BCUT2D eigenvalue weighted by Crippen LogP contribution is 2.33. The Morgan fingerprint density at radius 1 is 1.45 bits per heavy atom. The molecule has 116 valence electrons. The first kappa shape index (κ1) is 14.4. The molecule has 1 atom stereocenters. The summed E-state index contributed by atoms with van der Waals surface area (Å²) in [6, 6.07) is 7.94. The van der Waals surface area contributed by atoms with Crippen molar-refractivity contribution in [1.82, 2.24) is 10.2 Å². The number of fused-ring (bicyclic) bond motifs is 1. The van der Waals surface area contributed by atoms with Crippen LogP contribution in [0.2, 0.25) is 0 Å². The summed E-state index contributed by atoms with van der Waals surface area (Å²) in [5.41, 5.74) is 3.37. The Balaban J connectivity index is 1.76. The molecule has 1 aliphatic heterocycles. The number of hydrogen-bond acceptors (Lipinski definition) is 4. The predicted octanol–water partition coefficient (Wildman–Crippen LogP) is 2.25. The van der Waals surface area contributed by atoms with Gasteiger partial charge in [-0.05, 0) is 32.9 Å². The Bertz CT molecular complexity index is 676. The van der Waals surface area contributed by atoms with Gasteiger partial charge in [0.1, 0.15) is 12.4 Å². The SMILES string of the molecule is Cc1n[nH]c(C)c1NC(=O)CN1c2ccccc2OCC1C. The van der Waals surface area contributed by atoms with Crippen LogP contribution in [0.1, 0.15) is 18.3 Å². The average Bonchev–Trinajstić information content (AvgIpc) is 2.82. The second kappa shape index (κ2) is 5.71. The predicted molar refractivity (Wildman–Crippen MR) is 85.4 cm³/mol. The number of para-hydroxylation sites is 2. The van der Waals surface area contributed by atoms with Crippen LogP contribution in [0.4, 0.5) is 11.4 Å². The maximum atomic E-state index is 12.4. The molecule has 2 aromatic rings. The third kappa shape index (κ3) is 2.64. The zero-order valence-corrected chi connectivity index (χ0v) is 13.0. The molecule has 1 aliphatic rings. The monoisotopic (exact) mass is 300 g/mol. The first-order valence-corrected chi connectivity index (χ1v) is 7.36. The number of nitrogens with one attached hydrogen (secondary N) is 2. The number of carbonyl (C=O) groups is 1. The standard InChI is InChI=1S/C16H20N4O2/c1-10-9-22-14-7-5-4-6-13(14)20(10)8-15(21)17-16-11(2)18-19-12(16)3/h4-7,10H,8-9H2,1-3H3,(H,17,21)(H,18,19).